The topological polar surface area (TPSA) is 34.4 Å². The van der Waals surface area contributed by atoms with E-state index in [1.165, 1.54) is 5.39 Å². The number of rotatable bonds is 4. The summed E-state index contributed by atoms with van der Waals surface area (Å²) in [7, 11) is 0. The zero-order valence-corrected chi connectivity index (χ0v) is 11.3. The van der Waals surface area contributed by atoms with Gasteiger partial charge in [-0.15, -0.1) is 0 Å². The van der Waals surface area contributed by atoms with Crippen molar-refractivity contribution in [1.82, 2.24) is 4.57 Å². The molecule has 0 aliphatic heterocycles. The van der Waals surface area contributed by atoms with Crippen LogP contribution >= 0.6 is 0 Å². The maximum absolute atomic E-state index is 9.17. The Morgan fingerprint density at radius 3 is 2.67 bits per heavy atom. The highest BCUT2D eigenvalue weighted by Crippen LogP contribution is 2.18. The zero-order valence-electron chi connectivity index (χ0n) is 11.3. The monoisotopic (exact) mass is 247 g/mol. The van der Waals surface area contributed by atoms with Crippen LogP contribution in [0.1, 0.15) is 26.3 Å². The molecule has 0 bridgehead atoms. The highest BCUT2D eigenvalue weighted by Gasteiger charge is 2.10. The molecule has 0 amide bonds. The van der Waals surface area contributed by atoms with Gasteiger partial charge < -0.3 is 14.4 Å². The first-order valence-corrected chi connectivity index (χ1v) is 6.32. The highest BCUT2D eigenvalue weighted by molar-refractivity contribution is 5.80. The fourth-order valence-electron chi connectivity index (χ4n) is 1.97. The molecule has 1 aromatic carbocycles. The molecule has 1 aromatic heterocycles. The predicted molar refractivity (Wildman–Crippen MR) is 73.6 cm³/mol. The Balaban J connectivity index is 2.13. The minimum atomic E-state index is -0.0980. The van der Waals surface area contributed by atoms with Gasteiger partial charge in [-0.2, -0.15) is 0 Å². The summed E-state index contributed by atoms with van der Waals surface area (Å²) in [5.41, 5.74) is 2.00. The number of benzene rings is 1. The highest BCUT2D eigenvalue weighted by atomic mass is 16.5. The van der Waals surface area contributed by atoms with E-state index in [1.807, 2.05) is 18.2 Å². The van der Waals surface area contributed by atoms with Crippen LogP contribution in [0.5, 0.6) is 0 Å². The molecular weight excluding hydrogens is 226 g/mol. The van der Waals surface area contributed by atoms with Gasteiger partial charge in [0.05, 0.1) is 18.8 Å². The van der Waals surface area contributed by atoms with Gasteiger partial charge in [-0.25, -0.2) is 0 Å². The van der Waals surface area contributed by atoms with E-state index in [-0.39, 0.29) is 12.2 Å². The Hall–Kier alpha value is -1.32. The lowest BCUT2D eigenvalue weighted by molar-refractivity contribution is -0.00644. The van der Waals surface area contributed by atoms with Crippen LogP contribution in [-0.4, -0.2) is 21.9 Å². The molecule has 98 valence electrons. The van der Waals surface area contributed by atoms with E-state index in [0.29, 0.717) is 6.61 Å². The van der Waals surface area contributed by atoms with Crippen LogP contribution in [0.15, 0.2) is 30.5 Å². The molecule has 3 heteroatoms. The SMILES string of the molecule is CC(C)(C)OCCn1ccc2ccc(CO)cc21. The van der Waals surface area contributed by atoms with Crippen molar-refractivity contribution in [3.63, 3.8) is 0 Å². The van der Waals surface area contributed by atoms with E-state index in [1.54, 1.807) is 0 Å². The van der Waals surface area contributed by atoms with Crippen molar-refractivity contribution in [1.29, 1.82) is 0 Å². The molecule has 0 saturated heterocycles. The second-order valence-corrected chi connectivity index (χ2v) is 5.52. The summed E-state index contributed by atoms with van der Waals surface area (Å²) in [6.45, 7) is 7.78. The van der Waals surface area contributed by atoms with Gasteiger partial charge in [-0.3, -0.25) is 0 Å². The van der Waals surface area contributed by atoms with Crippen molar-refractivity contribution in [3.8, 4) is 0 Å². The standard InChI is InChI=1S/C15H21NO2/c1-15(2,3)18-9-8-16-7-6-13-5-4-12(11-17)10-14(13)16/h4-7,10,17H,8-9,11H2,1-3H3. The second kappa shape index (κ2) is 5.12. The maximum Gasteiger partial charge on any atom is 0.0682 e. The molecule has 1 N–H and O–H groups in total. The fraction of sp³-hybridized carbons (Fsp3) is 0.467. The van der Waals surface area contributed by atoms with Crippen LogP contribution in [0.2, 0.25) is 0 Å². The second-order valence-electron chi connectivity index (χ2n) is 5.52. The van der Waals surface area contributed by atoms with Crippen LogP contribution in [0.3, 0.4) is 0 Å². The lowest BCUT2D eigenvalue weighted by Gasteiger charge is -2.19. The van der Waals surface area contributed by atoms with Gasteiger partial charge in [0.25, 0.3) is 0 Å². The summed E-state index contributed by atoms with van der Waals surface area (Å²) >= 11 is 0. The molecule has 0 unspecified atom stereocenters. The Bertz CT molecular complexity index is 523. The van der Waals surface area contributed by atoms with Crippen molar-refractivity contribution in [2.45, 2.75) is 39.5 Å². The Kier molecular flexibility index (Phi) is 3.73. The Labute approximate surface area is 108 Å². The number of hydrogen-bond acceptors (Lipinski definition) is 2. The number of nitrogens with zero attached hydrogens (tertiary/aromatic N) is 1. The molecule has 18 heavy (non-hydrogen) atoms. The van der Waals surface area contributed by atoms with Crippen molar-refractivity contribution < 1.29 is 9.84 Å². The summed E-state index contributed by atoms with van der Waals surface area (Å²) in [5, 5.41) is 10.4. The van der Waals surface area contributed by atoms with Crippen LogP contribution < -0.4 is 0 Å². The van der Waals surface area contributed by atoms with Crippen LogP contribution in [0, 0.1) is 0 Å². The predicted octanol–water partition coefficient (Wildman–Crippen LogP) is 2.95. The lowest BCUT2D eigenvalue weighted by Crippen LogP contribution is -2.21. The molecule has 0 atom stereocenters. The molecule has 0 spiro atoms. The number of fused-ring (bicyclic) bond motifs is 1. The molecular formula is C15H21NO2. The third kappa shape index (κ3) is 3.12. The quantitative estimate of drug-likeness (QED) is 0.901. The first-order valence-electron chi connectivity index (χ1n) is 6.32. The molecule has 0 aliphatic rings. The lowest BCUT2D eigenvalue weighted by atomic mass is 10.2. The number of aliphatic hydroxyl groups is 1. The molecule has 0 fully saturated rings. The van der Waals surface area contributed by atoms with Crippen molar-refractivity contribution in [3.05, 3.63) is 36.0 Å². The van der Waals surface area contributed by atoms with Crippen molar-refractivity contribution in [2.24, 2.45) is 0 Å². The Morgan fingerprint density at radius 2 is 2.00 bits per heavy atom. The summed E-state index contributed by atoms with van der Waals surface area (Å²) in [5.74, 6) is 0. The van der Waals surface area contributed by atoms with Crippen LogP contribution in [-0.2, 0) is 17.9 Å². The number of aliphatic hydroxyl groups excluding tert-OH is 1. The van der Waals surface area contributed by atoms with Gasteiger partial charge in [0.1, 0.15) is 0 Å². The first-order chi connectivity index (χ1) is 8.49. The molecule has 0 radical (unpaired) electrons. The Morgan fingerprint density at radius 1 is 1.22 bits per heavy atom. The van der Waals surface area contributed by atoms with Crippen molar-refractivity contribution in [2.75, 3.05) is 6.61 Å². The molecule has 1 heterocycles. The van der Waals surface area contributed by atoms with Gasteiger partial charge in [0.15, 0.2) is 0 Å². The van der Waals surface area contributed by atoms with Gasteiger partial charge in [-0.05, 0) is 43.9 Å². The van der Waals surface area contributed by atoms with E-state index >= 15 is 0 Å². The van der Waals surface area contributed by atoms with E-state index in [9.17, 15) is 5.11 Å². The maximum atomic E-state index is 9.17. The normalized spacial score (nSPS) is 12.2. The molecule has 2 aromatic rings. The minimum absolute atomic E-state index is 0.0829. The van der Waals surface area contributed by atoms with Gasteiger partial charge in [0, 0.05) is 18.3 Å². The molecule has 3 nitrogen and oxygen atoms in total. The van der Waals surface area contributed by atoms with Gasteiger partial charge >= 0.3 is 0 Å². The average Bonchev–Trinajstić information content (AvgIpc) is 2.70. The van der Waals surface area contributed by atoms with E-state index < -0.39 is 0 Å². The van der Waals surface area contributed by atoms with Crippen molar-refractivity contribution >= 4 is 10.9 Å². The van der Waals surface area contributed by atoms with E-state index in [4.69, 9.17) is 4.74 Å². The third-order valence-electron chi connectivity index (χ3n) is 2.89. The average molecular weight is 247 g/mol. The summed E-state index contributed by atoms with van der Waals surface area (Å²) in [6, 6.07) is 8.13. The van der Waals surface area contributed by atoms with E-state index in [0.717, 1.165) is 17.6 Å². The number of ether oxygens (including phenoxy) is 1. The van der Waals surface area contributed by atoms with Crippen LogP contribution in [0.4, 0.5) is 0 Å². The zero-order chi connectivity index (χ0) is 13.2. The van der Waals surface area contributed by atoms with Gasteiger partial charge in [-0.1, -0.05) is 12.1 Å². The largest absolute Gasteiger partial charge is 0.392 e. The summed E-state index contributed by atoms with van der Waals surface area (Å²) in [4.78, 5) is 0. The molecule has 2 rings (SSSR count). The minimum Gasteiger partial charge on any atom is -0.392 e. The number of hydrogen-bond donors (Lipinski definition) is 1. The summed E-state index contributed by atoms with van der Waals surface area (Å²) < 4.78 is 7.90. The summed E-state index contributed by atoms with van der Waals surface area (Å²) in [6.07, 6.45) is 2.07. The third-order valence-corrected chi connectivity index (χ3v) is 2.89. The number of aromatic nitrogens is 1. The molecule has 0 aliphatic carbocycles. The molecule has 0 saturated carbocycles. The van der Waals surface area contributed by atoms with Gasteiger partial charge in [0.2, 0.25) is 0 Å². The fourth-order valence-corrected chi connectivity index (χ4v) is 1.97. The van der Waals surface area contributed by atoms with Crippen LogP contribution in [0.25, 0.3) is 10.9 Å². The first kappa shape index (κ1) is 13.1. The smallest absolute Gasteiger partial charge is 0.0682 e. The van der Waals surface area contributed by atoms with E-state index in [2.05, 4.69) is 37.6 Å².